The maximum Gasteiger partial charge on any atom is 0.138 e. The van der Waals surface area contributed by atoms with Crippen molar-refractivity contribution in [2.75, 3.05) is 11.9 Å². The van der Waals surface area contributed by atoms with Gasteiger partial charge in [-0.1, -0.05) is 65.8 Å². The Balaban J connectivity index is 2.74. The van der Waals surface area contributed by atoms with E-state index in [9.17, 15) is 0 Å². The van der Waals surface area contributed by atoms with Gasteiger partial charge >= 0.3 is 0 Å². The van der Waals surface area contributed by atoms with E-state index in [2.05, 4.69) is 29.8 Å². The van der Waals surface area contributed by atoms with Crippen LogP contribution in [-0.2, 0) is 0 Å². The molecule has 0 aliphatic rings. The first-order valence-corrected chi connectivity index (χ1v) is 8.58. The van der Waals surface area contributed by atoms with Gasteiger partial charge in [-0.05, 0) is 31.0 Å². The first kappa shape index (κ1) is 17.1. The van der Waals surface area contributed by atoms with Crippen LogP contribution in [0.2, 0.25) is 10.0 Å². The van der Waals surface area contributed by atoms with E-state index in [-0.39, 0.29) is 5.41 Å². The summed E-state index contributed by atoms with van der Waals surface area (Å²) < 4.78 is 5.93. The van der Waals surface area contributed by atoms with Crippen molar-refractivity contribution in [3.63, 3.8) is 0 Å². The molecule has 108 valence electrons. The zero-order chi connectivity index (χ0) is 14.3. The van der Waals surface area contributed by atoms with Crippen molar-refractivity contribution in [1.82, 2.24) is 0 Å². The van der Waals surface area contributed by atoms with Gasteiger partial charge in [0.1, 0.15) is 5.75 Å². The van der Waals surface area contributed by atoms with E-state index >= 15 is 0 Å². The molecule has 0 aliphatic carbocycles. The Morgan fingerprint density at radius 1 is 1.16 bits per heavy atom. The van der Waals surface area contributed by atoms with Crippen LogP contribution in [0.15, 0.2) is 18.2 Å². The number of alkyl halides is 1. The standard InChI is InChI=1S/C15H21BrCl2O/c1-3-7-15(10-16,8-4-2)11-19-14-6-5-12(17)9-13(14)18/h5-6,9H,3-4,7-8,10-11H2,1-2H3. The van der Waals surface area contributed by atoms with Crippen LogP contribution in [0, 0.1) is 5.41 Å². The van der Waals surface area contributed by atoms with Gasteiger partial charge in [-0.25, -0.2) is 0 Å². The zero-order valence-electron chi connectivity index (χ0n) is 11.5. The highest BCUT2D eigenvalue weighted by atomic mass is 79.9. The van der Waals surface area contributed by atoms with Gasteiger partial charge in [-0.3, -0.25) is 0 Å². The largest absolute Gasteiger partial charge is 0.491 e. The van der Waals surface area contributed by atoms with Gasteiger partial charge in [0.05, 0.1) is 11.6 Å². The Kier molecular flexibility index (Phi) is 7.56. The molecule has 0 spiro atoms. The second-order valence-corrected chi connectivity index (χ2v) is 6.40. The second-order valence-electron chi connectivity index (χ2n) is 5.00. The van der Waals surface area contributed by atoms with E-state index in [1.54, 1.807) is 12.1 Å². The quantitative estimate of drug-likeness (QED) is 0.486. The summed E-state index contributed by atoms with van der Waals surface area (Å²) in [6, 6.07) is 5.35. The molecule has 0 aromatic heterocycles. The highest BCUT2D eigenvalue weighted by molar-refractivity contribution is 9.09. The molecule has 0 atom stereocenters. The molecule has 4 heteroatoms. The molecule has 0 bridgehead atoms. The first-order valence-electron chi connectivity index (χ1n) is 6.70. The minimum Gasteiger partial charge on any atom is -0.491 e. The van der Waals surface area contributed by atoms with Crippen molar-refractivity contribution in [2.45, 2.75) is 39.5 Å². The summed E-state index contributed by atoms with van der Waals surface area (Å²) >= 11 is 15.7. The van der Waals surface area contributed by atoms with Crippen molar-refractivity contribution in [1.29, 1.82) is 0 Å². The fourth-order valence-corrected chi connectivity index (χ4v) is 3.51. The fraction of sp³-hybridized carbons (Fsp3) is 0.600. The van der Waals surface area contributed by atoms with Gasteiger partial charge < -0.3 is 4.74 Å². The van der Waals surface area contributed by atoms with Gasteiger partial charge in [0, 0.05) is 15.8 Å². The predicted molar refractivity (Wildman–Crippen MR) is 88.0 cm³/mol. The maximum atomic E-state index is 6.13. The number of benzene rings is 1. The number of hydrogen-bond acceptors (Lipinski definition) is 1. The van der Waals surface area contributed by atoms with Crippen molar-refractivity contribution >= 4 is 39.1 Å². The third-order valence-corrected chi connectivity index (χ3v) is 4.99. The van der Waals surface area contributed by atoms with Crippen LogP contribution in [-0.4, -0.2) is 11.9 Å². The normalized spacial score (nSPS) is 11.6. The molecule has 0 saturated heterocycles. The first-order chi connectivity index (χ1) is 9.06. The highest BCUT2D eigenvalue weighted by Gasteiger charge is 2.28. The molecule has 19 heavy (non-hydrogen) atoms. The summed E-state index contributed by atoms with van der Waals surface area (Å²) in [5.74, 6) is 0.712. The van der Waals surface area contributed by atoms with Crippen LogP contribution >= 0.6 is 39.1 Å². The molecule has 0 unspecified atom stereocenters. The summed E-state index contributed by atoms with van der Waals surface area (Å²) in [4.78, 5) is 0. The molecule has 0 saturated carbocycles. The van der Waals surface area contributed by atoms with Crippen LogP contribution < -0.4 is 4.74 Å². The van der Waals surface area contributed by atoms with E-state index in [4.69, 9.17) is 27.9 Å². The smallest absolute Gasteiger partial charge is 0.138 e. The Morgan fingerprint density at radius 3 is 2.26 bits per heavy atom. The van der Waals surface area contributed by atoms with Crippen LogP contribution in [0.25, 0.3) is 0 Å². The lowest BCUT2D eigenvalue weighted by Crippen LogP contribution is -2.30. The summed E-state index contributed by atoms with van der Waals surface area (Å²) in [5, 5.41) is 2.16. The monoisotopic (exact) mass is 366 g/mol. The lowest BCUT2D eigenvalue weighted by molar-refractivity contribution is 0.144. The van der Waals surface area contributed by atoms with Crippen LogP contribution in [0.3, 0.4) is 0 Å². The molecule has 0 fully saturated rings. The Bertz CT molecular complexity index is 390. The summed E-state index contributed by atoms with van der Waals surface area (Å²) in [7, 11) is 0. The van der Waals surface area contributed by atoms with E-state index in [1.165, 1.54) is 0 Å². The number of hydrogen-bond donors (Lipinski definition) is 0. The molecule has 1 aromatic rings. The van der Waals surface area contributed by atoms with E-state index < -0.39 is 0 Å². The predicted octanol–water partition coefficient (Wildman–Crippen LogP) is 6.35. The minimum absolute atomic E-state index is 0.187. The maximum absolute atomic E-state index is 6.13. The fourth-order valence-electron chi connectivity index (χ4n) is 2.33. The van der Waals surface area contributed by atoms with Crippen LogP contribution in [0.1, 0.15) is 39.5 Å². The van der Waals surface area contributed by atoms with Crippen molar-refractivity contribution < 1.29 is 4.74 Å². The lowest BCUT2D eigenvalue weighted by atomic mass is 9.82. The molecule has 0 N–H and O–H groups in total. The molecule has 1 nitrogen and oxygen atoms in total. The van der Waals surface area contributed by atoms with E-state index in [1.807, 2.05) is 6.07 Å². The summed E-state index contributed by atoms with van der Waals surface area (Å²) in [5.41, 5.74) is 0.187. The molecular formula is C15H21BrCl2O. The van der Waals surface area contributed by atoms with Gasteiger partial charge in [-0.15, -0.1) is 0 Å². The molecule has 0 amide bonds. The molecule has 0 aliphatic heterocycles. The summed E-state index contributed by atoms with van der Waals surface area (Å²) in [6.45, 7) is 5.10. The molecular weight excluding hydrogens is 347 g/mol. The van der Waals surface area contributed by atoms with E-state index in [0.717, 1.165) is 31.0 Å². The number of ether oxygens (including phenoxy) is 1. The van der Waals surface area contributed by atoms with Crippen molar-refractivity contribution in [3.05, 3.63) is 28.2 Å². The topological polar surface area (TPSA) is 9.23 Å². The van der Waals surface area contributed by atoms with E-state index in [0.29, 0.717) is 22.4 Å². The highest BCUT2D eigenvalue weighted by Crippen LogP contribution is 2.35. The van der Waals surface area contributed by atoms with Gasteiger partial charge in [0.15, 0.2) is 0 Å². The zero-order valence-corrected chi connectivity index (χ0v) is 14.6. The van der Waals surface area contributed by atoms with Crippen LogP contribution in [0.5, 0.6) is 5.75 Å². The third kappa shape index (κ3) is 5.17. The average Bonchev–Trinajstić information content (AvgIpc) is 2.38. The average molecular weight is 368 g/mol. The molecule has 1 rings (SSSR count). The minimum atomic E-state index is 0.187. The SMILES string of the molecule is CCCC(CBr)(CCC)COc1ccc(Cl)cc1Cl. The molecule has 1 aromatic carbocycles. The lowest BCUT2D eigenvalue weighted by Gasteiger charge is -2.31. The Hall–Kier alpha value is 0.0800. The Labute approximate surface area is 134 Å². The second kappa shape index (κ2) is 8.39. The Morgan fingerprint density at radius 2 is 1.79 bits per heavy atom. The summed E-state index contributed by atoms with van der Waals surface area (Å²) in [6.07, 6.45) is 4.61. The van der Waals surface area contributed by atoms with Gasteiger partial charge in [0.2, 0.25) is 0 Å². The number of halogens is 3. The van der Waals surface area contributed by atoms with Gasteiger partial charge in [-0.2, -0.15) is 0 Å². The van der Waals surface area contributed by atoms with Crippen molar-refractivity contribution in [2.24, 2.45) is 5.41 Å². The van der Waals surface area contributed by atoms with Crippen LogP contribution in [0.4, 0.5) is 0 Å². The van der Waals surface area contributed by atoms with Crippen molar-refractivity contribution in [3.8, 4) is 5.75 Å². The third-order valence-electron chi connectivity index (χ3n) is 3.27. The number of rotatable bonds is 8. The molecule has 0 heterocycles. The molecule has 0 radical (unpaired) electrons. The van der Waals surface area contributed by atoms with Gasteiger partial charge in [0.25, 0.3) is 0 Å².